The Morgan fingerprint density at radius 2 is 1.69 bits per heavy atom. The lowest BCUT2D eigenvalue weighted by Crippen LogP contribution is -2.46. The van der Waals surface area contributed by atoms with E-state index in [4.69, 9.17) is 14.2 Å². The third-order valence-corrected chi connectivity index (χ3v) is 5.25. The summed E-state index contributed by atoms with van der Waals surface area (Å²) in [5, 5.41) is 6.25. The van der Waals surface area contributed by atoms with E-state index < -0.39 is 0 Å². The van der Waals surface area contributed by atoms with Crippen LogP contribution >= 0.6 is 24.0 Å². The Hall–Kier alpha value is -2.69. The highest BCUT2D eigenvalue weighted by molar-refractivity contribution is 14.0. The number of halogens is 1. The number of methoxy groups -OCH3 is 3. The Morgan fingerprint density at radius 3 is 2.34 bits per heavy atom. The van der Waals surface area contributed by atoms with Crippen LogP contribution in [-0.4, -0.2) is 64.8 Å². The van der Waals surface area contributed by atoms with Gasteiger partial charge in [0.2, 0.25) is 0 Å². The van der Waals surface area contributed by atoms with E-state index in [0.717, 1.165) is 37.0 Å². The van der Waals surface area contributed by atoms with Crippen LogP contribution in [0.5, 0.6) is 17.2 Å². The van der Waals surface area contributed by atoms with Crippen molar-refractivity contribution in [3.05, 3.63) is 53.1 Å². The normalized spacial score (nSPS) is 12.9. The molecule has 1 amide bonds. The predicted molar refractivity (Wildman–Crippen MR) is 136 cm³/mol. The van der Waals surface area contributed by atoms with Gasteiger partial charge in [0, 0.05) is 38.8 Å². The lowest BCUT2D eigenvalue weighted by atomic mass is 9.99. The molecule has 32 heavy (non-hydrogen) atoms. The minimum absolute atomic E-state index is 0. The molecular formula is C23H31IN4O4. The van der Waals surface area contributed by atoms with Gasteiger partial charge in [0.05, 0.1) is 21.3 Å². The Morgan fingerprint density at radius 1 is 1.00 bits per heavy atom. The molecule has 0 atom stereocenters. The van der Waals surface area contributed by atoms with Crippen LogP contribution in [0.1, 0.15) is 21.5 Å². The van der Waals surface area contributed by atoms with Crippen LogP contribution in [0.15, 0.2) is 41.4 Å². The highest BCUT2D eigenvalue weighted by atomic mass is 127. The van der Waals surface area contributed by atoms with Gasteiger partial charge in [-0.15, -0.1) is 24.0 Å². The maximum atomic E-state index is 12.3. The number of fused-ring (bicyclic) bond motifs is 1. The van der Waals surface area contributed by atoms with Crippen molar-refractivity contribution in [3.8, 4) is 17.2 Å². The minimum Gasteiger partial charge on any atom is -0.497 e. The molecule has 0 unspecified atom stereocenters. The average molecular weight is 554 g/mol. The third-order valence-electron chi connectivity index (χ3n) is 5.25. The van der Waals surface area contributed by atoms with Crippen LogP contribution in [0.4, 0.5) is 0 Å². The first-order chi connectivity index (χ1) is 15.1. The van der Waals surface area contributed by atoms with Gasteiger partial charge >= 0.3 is 0 Å². The molecule has 9 heteroatoms. The van der Waals surface area contributed by atoms with Crippen molar-refractivity contribution < 1.29 is 19.0 Å². The van der Waals surface area contributed by atoms with Crippen LogP contribution < -0.4 is 24.8 Å². The lowest BCUT2D eigenvalue weighted by Gasteiger charge is -2.32. The molecule has 0 aliphatic carbocycles. The highest BCUT2D eigenvalue weighted by Gasteiger charge is 2.21. The Balaban J connectivity index is 0.00000363. The Bertz CT molecular complexity index is 952. The summed E-state index contributed by atoms with van der Waals surface area (Å²) in [6, 6.07) is 11.2. The number of nitrogens with one attached hydrogen (secondary N) is 2. The average Bonchev–Trinajstić information content (AvgIpc) is 2.82. The van der Waals surface area contributed by atoms with E-state index >= 15 is 0 Å². The van der Waals surface area contributed by atoms with Crippen LogP contribution in [0.2, 0.25) is 0 Å². The van der Waals surface area contributed by atoms with E-state index in [9.17, 15) is 4.79 Å². The largest absolute Gasteiger partial charge is 0.497 e. The molecule has 2 aromatic carbocycles. The van der Waals surface area contributed by atoms with Gasteiger partial charge in [-0.1, -0.05) is 6.07 Å². The quantitative estimate of drug-likeness (QED) is 0.237. The molecule has 0 bridgehead atoms. The second-order valence-corrected chi connectivity index (χ2v) is 7.11. The first kappa shape index (κ1) is 25.6. The van der Waals surface area contributed by atoms with Gasteiger partial charge in [-0.25, -0.2) is 0 Å². The van der Waals surface area contributed by atoms with Crippen molar-refractivity contribution >= 4 is 35.8 Å². The molecule has 0 spiro atoms. The number of amides is 1. The number of carbonyl (C=O) groups is 1. The summed E-state index contributed by atoms with van der Waals surface area (Å²) in [6.45, 7) is 2.62. The molecule has 0 saturated heterocycles. The number of carbonyl (C=O) groups excluding carboxylic acids is 1. The molecule has 0 radical (unpaired) electrons. The van der Waals surface area contributed by atoms with Gasteiger partial charge in [0.25, 0.3) is 5.91 Å². The van der Waals surface area contributed by atoms with E-state index in [1.54, 1.807) is 46.6 Å². The molecule has 1 aliphatic rings. The molecule has 3 rings (SSSR count). The summed E-state index contributed by atoms with van der Waals surface area (Å²) in [7, 11) is 6.64. The van der Waals surface area contributed by atoms with Crippen molar-refractivity contribution in [2.24, 2.45) is 4.99 Å². The van der Waals surface area contributed by atoms with Gasteiger partial charge in [0.1, 0.15) is 5.75 Å². The van der Waals surface area contributed by atoms with Crippen molar-refractivity contribution in [2.45, 2.75) is 13.0 Å². The first-order valence-electron chi connectivity index (χ1n) is 10.2. The fourth-order valence-electron chi connectivity index (χ4n) is 3.61. The van der Waals surface area contributed by atoms with E-state index in [2.05, 4.69) is 26.6 Å². The van der Waals surface area contributed by atoms with Gasteiger partial charge < -0.3 is 29.7 Å². The summed E-state index contributed by atoms with van der Waals surface area (Å²) < 4.78 is 16.0. The molecule has 2 N–H and O–H groups in total. The van der Waals surface area contributed by atoms with Gasteiger partial charge in [0.15, 0.2) is 17.5 Å². The van der Waals surface area contributed by atoms with Crippen LogP contribution in [0.3, 0.4) is 0 Å². The molecule has 1 aliphatic heterocycles. The van der Waals surface area contributed by atoms with Crippen LogP contribution in [0.25, 0.3) is 0 Å². The Kier molecular flexibility index (Phi) is 9.89. The molecule has 8 nitrogen and oxygen atoms in total. The number of ether oxygens (including phenoxy) is 3. The van der Waals surface area contributed by atoms with Crippen molar-refractivity contribution in [1.29, 1.82) is 0 Å². The van der Waals surface area contributed by atoms with E-state index in [-0.39, 0.29) is 29.9 Å². The monoisotopic (exact) mass is 554 g/mol. The number of rotatable bonds is 7. The standard InChI is InChI=1S/C23H30N4O4.HI/c1-24-23(26-10-9-25-22(28)17-6-5-7-19(12-17)29-2)27-11-8-16-13-20(30-3)21(31-4)14-18(16)15-27;/h5-7,12-14H,8-11,15H2,1-4H3,(H,24,26)(H,25,28);1H. The summed E-state index contributed by atoms with van der Waals surface area (Å²) in [5.41, 5.74) is 3.02. The number of guanidine groups is 1. The number of nitrogens with zero attached hydrogens (tertiary/aromatic N) is 2. The zero-order chi connectivity index (χ0) is 22.2. The summed E-state index contributed by atoms with van der Waals surface area (Å²) in [5.74, 6) is 2.81. The summed E-state index contributed by atoms with van der Waals surface area (Å²) >= 11 is 0. The van der Waals surface area contributed by atoms with Crippen molar-refractivity contribution in [2.75, 3.05) is 48.0 Å². The van der Waals surface area contributed by atoms with Crippen LogP contribution in [-0.2, 0) is 13.0 Å². The maximum absolute atomic E-state index is 12.3. The second kappa shape index (κ2) is 12.4. The van der Waals surface area contributed by atoms with E-state index in [0.29, 0.717) is 24.4 Å². The number of aliphatic imine (C=N–C) groups is 1. The third kappa shape index (κ3) is 6.18. The fourth-order valence-corrected chi connectivity index (χ4v) is 3.61. The molecular weight excluding hydrogens is 523 g/mol. The molecule has 0 aromatic heterocycles. The highest BCUT2D eigenvalue weighted by Crippen LogP contribution is 2.33. The predicted octanol–water partition coefficient (Wildman–Crippen LogP) is 2.69. The Labute approximate surface area is 206 Å². The molecule has 174 valence electrons. The van der Waals surface area contributed by atoms with Crippen molar-refractivity contribution in [1.82, 2.24) is 15.5 Å². The lowest BCUT2D eigenvalue weighted by molar-refractivity contribution is 0.0954. The zero-order valence-electron chi connectivity index (χ0n) is 18.9. The van der Waals surface area contributed by atoms with Gasteiger partial charge in [-0.2, -0.15) is 0 Å². The minimum atomic E-state index is -0.136. The zero-order valence-corrected chi connectivity index (χ0v) is 21.3. The number of hydrogen-bond donors (Lipinski definition) is 2. The topological polar surface area (TPSA) is 84.4 Å². The van der Waals surface area contributed by atoms with Gasteiger partial charge in [-0.3, -0.25) is 9.79 Å². The summed E-state index contributed by atoms with van der Waals surface area (Å²) in [4.78, 5) is 18.9. The molecule has 0 saturated carbocycles. The van der Waals surface area contributed by atoms with Crippen molar-refractivity contribution in [3.63, 3.8) is 0 Å². The number of hydrogen-bond acceptors (Lipinski definition) is 5. The summed E-state index contributed by atoms with van der Waals surface area (Å²) in [6.07, 6.45) is 0.892. The number of benzene rings is 2. The van der Waals surface area contributed by atoms with E-state index in [1.165, 1.54) is 11.1 Å². The second-order valence-electron chi connectivity index (χ2n) is 7.11. The van der Waals surface area contributed by atoms with E-state index in [1.807, 2.05) is 12.1 Å². The molecule has 0 fully saturated rings. The molecule has 2 aromatic rings. The SMILES string of the molecule is CN=C(NCCNC(=O)c1cccc(OC)c1)N1CCc2cc(OC)c(OC)cc2C1.I. The van der Waals surface area contributed by atoms with Crippen LogP contribution in [0, 0.1) is 0 Å². The van der Waals surface area contributed by atoms with Gasteiger partial charge in [-0.05, 0) is 47.9 Å². The first-order valence-corrected chi connectivity index (χ1v) is 10.2. The fraction of sp³-hybridized carbons (Fsp3) is 0.391. The smallest absolute Gasteiger partial charge is 0.251 e. The maximum Gasteiger partial charge on any atom is 0.251 e. The molecule has 1 heterocycles.